The highest BCUT2D eigenvalue weighted by atomic mass is 79.9. The van der Waals surface area contributed by atoms with Crippen LogP contribution in [0.3, 0.4) is 0 Å². The zero-order valence-electron chi connectivity index (χ0n) is 9.66. The number of aromatic nitrogens is 1. The first kappa shape index (κ1) is 13.8. The van der Waals surface area contributed by atoms with E-state index in [0.717, 1.165) is 4.47 Å². The highest BCUT2D eigenvalue weighted by Crippen LogP contribution is 2.11. The van der Waals surface area contributed by atoms with Crippen LogP contribution in [0.25, 0.3) is 0 Å². The van der Waals surface area contributed by atoms with Crippen molar-refractivity contribution in [3.63, 3.8) is 0 Å². The third-order valence-electron chi connectivity index (χ3n) is 2.20. The fraction of sp³-hybridized carbons (Fsp3) is 0.455. The maximum atomic E-state index is 11.7. The number of nitrogens with one attached hydrogen (secondary N) is 2. The van der Waals surface area contributed by atoms with Gasteiger partial charge in [-0.25, -0.2) is 4.79 Å². The lowest BCUT2D eigenvalue weighted by Gasteiger charge is -2.15. The number of halogens is 1. The van der Waals surface area contributed by atoms with Gasteiger partial charge in [0.05, 0.1) is 0 Å². The molecule has 0 aliphatic carbocycles. The van der Waals surface area contributed by atoms with Crippen molar-refractivity contribution in [2.45, 2.75) is 26.3 Å². The molecule has 0 saturated carbocycles. The van der Waals surface area contributed by atoms with Crippen molar-refractivity contribution < 1.29 is 14.7 Å². The summed E-state index contributed by atoms with van der Waals surface area (Å²) in [6.07, 6.45) is 2.02. The number of carbonyl (C=O) groups excluding carboxylic acids is 1. The number of rotatable bonds is 5. The summed E-state index contributed by atoms with van der Waals surface area (Å²) < 4.78 is 0.749. The standard InChI is InChI=1S/C11H15BrN2O3/c1-6(2)3-9(11(16)17)14-10(15)8-4-7(12)5-13-8/h4-6,9,13H,3H2,1-2H3,(H,14,15)(H,16,17)/t9-/m0/s1. The van der Waals surface area contributed by atoms with E-state index in [1.165, 1.54) is 0 Å². The molecule has 5 nitrogen and oxygen atoms in total. The molecule has 0 unspecified atom stereocenters. The van der Waals surface area contributed by atoms with Crippen molar-refractivity contribution in [1.29, 1.82) is 0 Å². The van der Waals surface area contributed by atoms with Gasteiger partial charge in [0.1, 0.15) is 11.7 Å². The molecular formula is C11H15BrN2O3. The second-order valence-electron chi connectivity index (χ2n) is 4.23. The zero-order chi connectivity index (χ0) is 13.0. The molecule has 0 aliphatic rings. The smallest absolute Gasteiger partial charge is 0.326 e. The van der Waals surface area contributed by atoms with Crippen LogP contribution in [-0.4, -0.2) is 28.0 Å². The predicted molar refractivity (Wildman–Crippen MR) is 66.8 cm³/mol. The van der Waals surface area contributed by atoms with Crippen LogP contribution in [0, 0.1) is 5.92 Å². The molecule has 0 bridgehead atoms. The van der Waals surface area contributed by atoms with Gasteiger partial charge in [0.25, 0.3) is 5.91 Å². The number of hydrogen-bond acceptors (Lipinski definition) is 2. The van der Waals surface area contributed by atoms with Crippen LogP contribution in [0.4, 0.5) is 0 Å². The molecular weight excluding hydrogens is 288 g/mol. The highest BCUT2D eigenvalue weighted by molar-refractivity contribution is 9.10. The molecule has 1 rings (SSSR count). The summed E-state index contributed by atoms with van der Waals surface area (Å²) in [4.78, 5) is 25.5. The van der Waals surface area contributed by atoms with Gasteiger partial charge in [-0.15, -0.1) is 0 Å². The summed E-state index contributed by atoms with van der Waals surface area (Å²) in [5, 5.41) is 11.5. The molecule has 0 aliphatic heterocycles. The van der Waals surface area contributed by atoms with Crippen LogP contribution in [0.5, 0.6) is 0 Å². The minimum absolute atomic E-state index is 0.201. The van der Waals surface area contributed by atoms with Gasteiger partial charge in [-0.2, -0.15) is 0 Å². The Labute approximate surface area is 108 Å². The van der Waals surface area contributed by atoms with Crippen molar-refractivity contribution in [2.24, 2.45) is 5.92 Å². The van der Waals surface area contributed by atoms with Gasteiger partial charge >= 0.3 is 5.97 Å². The van der Waals surface area contributed by atoms with Gasteiger partial charge in [-0.05, 0) is 34.3 Å². The number of amides is 1. The van der Waals surface area contributed by atoms with E-state index in [2.05, 4.69) is 26.2 Å². The Balaban J connectivity index is 2.67. The topological polar surface area (TPSA) is 82.2 Å². The summed E-state index contributed by atoms with van der Waals surface area (Å²) in [6.45, 7) is 3.82. The van der Waals surface area contributed by atoms with Crippen molar-refractivity contribution in [2.75, 3.05) is 0 Å². The Hall–Kier alpha value is -1.30. The molecule has 0 radical (unpaired) electrons. The minimum Gasteiger partial charge on any atom is -0.480 e. The fourth-order valence-electron chi connectivity index (χ4n) is 1.43. The SMILES string of the molecule is CC(C)C[C@H](NC(=O)c1cc(Br)c[nH]1)C(=O)O. The molecule has 3 N–H and O–H groups in total. The molecule has 0 saturated heterocycles. The molecule has 1 atom stereocenters. The van der Waals surface area contributed by atoms with Gasteiger partial charge < -0.3 is 15.4 Å². The van der Waals surface area contributed by atoms with Crippen LogP contribution in [0.1, 0.15) is 30.8 Å². The number of carboxylic acids is 1. The molecule has 1 heterocycles. The van der Waals surface area contributed by atoms with Gasteiger partial charge in [0, 0.05) is 10.7 Å². The van der Waals surface area contributed by atoms with Gasteiger partial charge in [0.15, 0.2) is 0 Å². The first-order valence-corrected chi connectivity index (χ1v) is 6.07. The van der Waals surface area contributed by atoms with E-state index in [-0.39, 0.29) is 5.92 Å². The lowest BCUT2D eigenvalue weighted by molar-refractivity contribution is -0.139. The number of aromatic amines is 1. The highest BCUT2D eigenvalue weighted by Gasteiger charge is 2.22. The number of carboxylic acid groups (broad SMARTS) is 1. The summed E-state index contributed by atoms with van der Waals surface area (Å²) >= 11 is 3.21. The largest absolute Gasteiger partial charge is 0.480 e. The Bertz CT molecular complexity index is 415. The van der Waals surface area contributed by atoms with E-state index in [9.17, 15) is 9.59 Å². The summed E-state index contributed by atoms with van der Waals surface area (Å²) in [7, 11) is 0. The molecule has 94 valence electrons. The predicted octanol–water partition coefficient (Wildman–Crippen LogP) is 2.01. The maximum absolute atomic E-state index is 11.7. The van der Waals surface area contributed by atoms with Gasteiger partial charge in [-0.1, -0.05) is 13.8 Å². The van der Waals surface area contributed by atoms with E-state index in [1.807, 2.05) is 13.8 Å². The Morgan fingerprint density at radius 2 is 2.18 bits per heavy atom. The first-order chi connectivity index (χ1) is 7.90. The van der Waals surface area contributed by atoms with E-state index in [4.69, 9.17) is 5.11 Å². The minimum atomic E-state index is -1.02. The average molecular weight is 303 g/mol. The van der Waals surface area contributed by atoms with E-state index < -0.39 is 17.9 Å². The second-order valence-corrected chi connectivity index (χ2v) is 5.14. The van der Waals surface area contributed by atoms with Gasteiger partial charge in [-0.3, -0.25) is 4.79 Å². The average Bonchev–Trinajstić information content (AvgIpc) is 2.63. The Kier molecular flexibility index (Phi) is 4.74. The maximum Gasteiger partial charge on any atom is 0.326 e. The lowest BCUT2D eigenvalue weighted by atomic mass is 10.0. The normalized spacial score (nSPS) is 12.5. The zero-order valence-corrected chi connectivity index (χ0v) is 11.2. The Morgan fingerprint density at radius 1 is 1.53 bits per heavy atom. The molecule has 6 heteroatoms. The third kappa shape index (κ3) is 4.22. The molecule has 0 aromatic carbocycles. The van der Waals surface area contributed by atoms with Crippen molar-refractivity contribution in [1.82, 2.24) is 10.3 Å². The summed E-state index contributed by atoms with van der Waals surface area (Å²) in [5.74, 6) is -1.23. The number of hydrogen-bond donors (Lipinski definition) is 3. The van der Waals surface area contributed by atoms with Crippen LogP contribution in [-0.2, 0) is 4.79 Å². The van der Waals surface area contributed by atoms with Crippen LogP contribution in [0.15, 0.2) is 16.7 Å². The van der Waals surface area contributed by atoms with E-state index >= 15 is 0 Å². The van der Waals surface area contributed by atoms with E-state index in [1.54, 1.807) is 12.3 Å². The third-order valence-corrected chi connectivity index (χ3v) is 2.66. The first-order valence-electron chi connectivity index (χ1n) is 5.27. The Morgan fingerprint density at radius 3 is 2.59 bits per heavy atom. The number of carbonyl (C=O) groups is 2. The number of aliphatic carboxylic acids is 1. The van der Waals surface area contributed by atoms with Crippen LogP contribution >= 0.6 is 15.9 Å². The number of H-pyrrole nitrogens is 1. The van der Waals surface area contributed by atoms with E-state index in [0.29, 0.717) is 12.1 Å². The molecule has 1 aromatic rings. The van der Waals surface area contributed by atoms with Crippen molar-refractivity contribution >= 4 is 27.8 Å². The van der Waals surface area contributed by atoms with Crippen molar-refractivity contribution in [3.8, 4) is 0 Å². The molecule has 1 amide bonds. The lowest BCUT2D eigenvalue weighted by Crippen LogP contribution is -2.41. The van der Waals surface area contributed by atoms with Gasteiger partial charge in [0.2, 0.25) is 0 Å². The monoisotopic (exact) mass is 302 g/mol. The summed E-state index contributed by atoms with van der Waals surface area (Å²) in [5.41, 5.74) is 0.340. The molecule has 0 fully saturated rings. The fourth-order valence-corrected chi connectivity index (χ4v) is 1.77. The van der Waals surface area contributed by atoms with Crippen LogP contribution in [0.2, 0.25) is 0 Å². The second kappa shape index (κ2) is 5.86. The molecule has 17 heavy (non-hydrogen) atoms. The van der Waals surface area contributed by atoms with Crippen LogP contribution < -0.4 is 5.32 Å². The van der Waals surface area contributed by atoms with Crippen molar-refractivity contribution in [3.05, 3.63) is 22.4 Å². The summed E-state index contributed by atoms with van der Waals surface area (Å²) in [6, 6.07) is 0.744. The molecule has 0 spiro atoms. The quantitative estimate of drug-likeness (QED) is 0.778. The molecule has 1 aromatic heterocycles.